The van der Waals surface area contributed by atoms with Crippen LogP contribution in [-0.2, 0) is 9.59 Å². The summed E-state index contributed by atoms with van der Waals surface area (Å²) in [4.78, 5) is 26.4. The highest BCUT2D eigenvalue weighted by Gasteiger charge is 2.36. The van der Waals surface area contributed by atoms with Crippen LogP contribution in [0.25, 0.3) is 0 Å². The van der Waals surface area contributed by atoms with E-state index in [0.29, 0.717) is 13.0 Å². The van der Waals surface area contributed by atoms with Gasteiger partial charge in [-0.15, -0.1) is 0 Å². The van der Waals surface area contributed by atoms with Crippen LogP contribution >= 0.6 is 0 Å². The van der Waals surface area contributed by atoms with Crippen molar-refractivity contribution >= 4 is 11.8 Å². The van der Waals surface area contributed by atoms with Crippen LogP contribution in [-0.4, -0.2) is 35.3 Å². The van der Waals surface area contributed by atoms with Gasteiger partial charge in [-0.05, 0) is 25.2 Å². The zero-order valence-corrected chi connectivity index (χ0v) is 12.3. The van der Waals surface area contributed by atoms with Gasteiger partial charge in [0.05, 0.1) is 0 Å². The lowest BCUT2D eigenvalue weighted by atomic mass is 9.97. The first-order chi connectivity index (χ1) is 9.02. The van der Waals surface area contributed by atoms with Crippen LogP contribution in [0.5, 0.6) is 0 Å². The molecule has 4 heteroatoms. The van der Waals surface area contributed by atoms with Crippen molar-refractivity contribution in [2.24, 2.45) is 11.8 Å². The van der Waals surface area contributed by atoms with Crippen molar-refractivity contribution in [3.63, 3.8) is 0 Å². The molecule has 0 spiro atoms. The van der Waals surface area contributed by atoms with E-state index in [0.717, 1.165) is 18.8 Å². The molecule has 0 radical (unpaired) electrons. The maximum absolute atomic E-state index is 12.6. The van der Waals surface area contributed by atoms with Gasteiger partial charge >= 0.3 is 0 Å². The van der Waals surface area contributed by atoms with E-state index in [-0.39, 0.29) is 29.8 Å². The van der Waals surface area contributed by atoms with E-state index < -0.39 is 0 Å². The summed E-state index contributed by atoms with van der Waals surface area (Å²) in [5, 5.41) is 2.90. The van der Waals surface area contributed by atoms with Crippen LogP contribution in [0.4, 0.5) is 0 Å². The summed E-state index contributed by atoms with van der Waals surface area (Å²) in [6.45, 7) is 6.80. The van der Waals surface area contributed by atoms with Gasteiger partial charge in [0.25, 0.3) is 0 Å². The molecule has 2 fully saturated rings. The Kier molecular flexibility index (Phi) is 4.48. The minimum atomic E-state index is -0.332. The molecular weight excluding hydrogens is 240 g/mol. The number of amides is 2. The number of carbonyl (C=O) groups is 2. The van der Waals surface area contributed by atoms with Gasteiger partial charge in [-0.3, -0.25) is 9.59 Å². The fourth-order valence-electron chi connectivity index (χ4n) is 2.84. The van der Waals surface area contributed by atoms with Crippen LogP contribution in [0.3, 0.4) is 0 Å². The summed E-state index contributed by atoms with van der Waals surface area (Å²) in [6.07, 6.45) is 5.04. The fourth-order valence-corrected chi connectivity index (χ4v) is 2.84. The van der Waals surface area contributed by atoms with Crippen LogP contribution in [0.1, 0.15) is 52.9 Å². The third-order valence-corrected chi connectivity index (χ3v) is 4.56. The molecule has 3 atom stereocenters. The van der Waals surface area contributed by atoms with E-state index in [1.807, 2.05) is 11.8 Å². The Morgan fingerprint density at radius 3 is 2.58 bits per heavy atom. The van der Waals surface area contributed by atoms with Crippen LogP contribution in [0, 0.1) is 11.8 Å². The van der Waals surface area contributed by atoms with E-state index in [2.05, 4.69) is 19.2 Å². The summed E-state index contributed by atoms with van der Waals surface area (Å²) in [6, 6.07) is -0.0686. The summed E-state index contributed by atoms with van der Waals surface area (Å²) < 4.78 is 0. The molecule has 0 aromatic rings. The van der Waals surface area contributed by atoms with Gasteiger partial charge in [-0.2, -0.15) is 0 Å². The topological polar surface area (TPSA) is 49.4 Å². The predicted octanol–water partition coefficient (Wildman–Crippen LogP) is 1.94. The number of hydrogen-bond acceptors (Lipinski definition) is 2. The summed E-state index contributed by atoms with van der Waals surface area (Å²) >= 11 is 0. The summed E-state index contributed by atoms with van der Waals surface area (Å²) in [5.41, 5.74) is 0. The van der Waals surface area contributed by atoms with E-state index in [9.17, 15) is 9.59 Å². The van der Waals surface area contributed by atoms with Gasteiger partial charge in [0.15, 0.2) is 0 Å². The van der Waals surface area contributed by atoms with Crippen LogP contribution in [0.2, 0.25) is 0 Å². The zero-order chi connectivity index (χ0) is 14.0. The maximum atomic E-state index is 12.6. The average Bonchev–Trinajstić information content (AvgIpc) is 3.18. The molecular formula is C15H26N2O2. The molecule has 0 bridgehead atoms. The number of carbonyl (C=O) groups excluding carboxylic acids is 2. The van der Waals surface area contributed by atoms with Gasteiger partial charge < -0.3 is 10.2 Å². The minimum Gasteiger partial charge on any atom is -0.344 e. The lowest BCUT2D eigenvalue weighted by molar-refractivity contribution is -0.136. The summed E-state index contributed by atoms with van der Waals surface area (Å²) in [5.74, 6) is 1.13. The normalized spacial score (nSPS) is 27.7. The first-order valence-electron chi connectivity index (χ1n) is 7.62. The second-order valence-electron chi connectivity index (χ2n) is 6.24. The molecule has 3 unspecified atom stereocenters. The van der Waals surface area contributed by atoms with Gasteiger partial charge in [0.2, 0.25) is 11.8 Å². The molecule has 1 aliphatic heterocycles. The first-order valence-corrected chi connectivity index (χ1v) is 7.62. The largest absolute Gasteiger partial charge is 0.344 e. The summed E-state index contributed by atoms with van der Waals surface area (Å²) in [7, 11) is 0. The number of nitrogens with zero attached hydrogens (tertiary/aromatic N) is 1. The molecule has 108 valence electrons. The van der Waals surface area contributed by atoms with E-state index >= 15 is 0 Å². The molecule has 1 aliphatic carbocycles. The standard InChI is InChI=1S/C15H26N2O2/c1-4-10(2)14-15(19)17(8-7-13(18)16-14)11(3)9-12-5-6-12/h10-12,14H,4-9H2,1-3H3,(H,16,18). The second kappa shape index (κ2) is 5.93. The maximum Gasteiger partial charge on any atom is 0.245 e. The van der Waals surface area contributed by atoms with Crippen molar-refractivity contribution in [3.05, 3.63) is 0 Å². The van der Waals surface area contributed by atoms with Crippen molar-refractivity contribution in [2.75, 3.05) is 6.54 Å². The van der Waals surface area contributed by atoms with E-state index in [1.54, 1.807) is 0 Å². The highest BCUT2D eigenvalue weighted by atomic mass is 16.2. The molecule has 1 saturated carbocycles. The van der Waals surface area contributed by atoms with Crippen molar-refractivity contribution in [2.45, 2.75) is 65.0 Å². The number of hydrogen-bond donors (Lipinski definition) is 1. The lowest BCUT2D eigenvalue weighted by Crippen LogP contribution is -2.50. The lowest BCUT2D eigenvalue weighted by Gasteiger charge is -2.31. The van der Waals surface area contributed by atoms with Gasteiger partial charge in [0, 0.05) is 19.0 Å². The smallest absolute Gasteiger partial charge is 0.245 e. The molecule has 0 aromatic heterocycles. The number of nitrogens with one attached hydrogen (secondary N) is 1. The molecule has 1 saturated heterocycles. The second-order valence-corrected chi connectivity index (χ2v) is 6.24. The third-order valence-electron chi connectivity index (χ3n) is 4.56. The van der Waals surface area contributed by atoms with Gasteiger partial charge in [-0.1, -0.05) is 33.1 Å². The minimum absolute atomic E-state index is 0.0137. The molecule has 2 amide bonds. The molecule has 2 aliphatic rings. The quantitative estimate of drug-likeness (QED) is 0.826. The van der Waals surface area contributed by atoms with Crippen LogP contribution < -0.4 is 5.32 Å². The van der Waals surface area contributed by atoms with Gasteiger partial charge in [0.1, 0.15) is 6.04 Å². The Bertz CT molecular complexity index is 352. The molecule has 1 heterocycles. The van der Waals surface area contributed by atoms with Crippen molar-refractivity contribution in [1.82, 2.24) is 10.2 Å². The monoisotopic (exact) mass is 266 g/mol. The zero-order valence-electron chi connectivity index (χ0n) is 12.3. The molecule has 2 rings (SSSR count). The average molecular weight is 266 g/mol. The van der Waals surface area contributed by atoms with Crippen LogP contribution in [0.15, 0.2) is 0 Å². The van der Waals surface area contributed by atoms with E-state index in [1.165, 1.54) is 12.8 Å². The first kappa shape index (κ1) is 14.4. The van der Waals surface area contributed by atoms with Crippen molar-refractivity contribution < 1.29 is 9.59 Å². The Balaban J connectivity index is 2.07. The third kappa shape index (κ3) is 3.48. The number of rotatable bonds is 5. The highest BCUT2D eigenvalue weighted by Crippen LogP contribution is 2.35. The SMILES string of the molecule is CCC(C)C1NC(=O)CCN(C(C)CC2CC2)C1=O. The van der Waals surface area contributed by atoms with Crippen molar-refractivity contribution in [1.29, 1.82) is 0 Å². The molecule has 19 heavy (non-hydrogen) atoms. The fraction of sp³-hybridized carbons (Fsp3) is 0.867. The molecule has 4 nitrogen and oxygen atoms in total. The highest BCUT2D eigenvalue weighted by molar-refractivity contribution is 5.90. The predicted molar refractivity (Wildman–Crippen MR) is 74.5 cm³/mol. The van der Waals surface area contributed by atoms with Crippen molar-refractivity contribution in [3.8, 4) is 0 Å². The molecule has 0 aromatic carbocycles. The Hall–Kier alpha value is -1.06. The molecule has 1 N–H and O–H groups in total. The van der Waals surface area contributed by atoms with E-state index in [4.69, 9.17) is 0 Å². The van der Waals surface area contributed by atoms with Gasteiger partial charge in [-0.25, -0.2) is 0 Å². The Labute approximate surface area is 115 Å². The Morgan fingerprint density at radius 1 is 1.32 bits per heavy atom. The Morgan fingerprint density at radius 2 is 2.00 bits per heavy atom.